The zero-order valence-electron chi connectivity index (χ0n) is 10.3. The maximum atomic E-state index is 10.8. The lowest BCUT2D eigenvalue weighted by Gasteiger charge is -2.23. The fourth-order valence-corrected chi connectivity index (χ4v) is 3.46. The zero-order chi connectivity index (χ0) is 13.1. The number of hydrogen-bond acceptors (Lipinski definition) is 5. The van der Waals surface area contributed by atoms with Crippen molar-refractivity contribution in [3.63, 3.8) is 0 Å². The van der Waals surface area contributed by atoms with Crippen LogP contribution in [0.5, 0.6) is 0 Å². The zero-order valence-corrected chi connectivity index (χ0v) is 11.2. The molecule has 1 aromatic rings. The van der Waals surface area contributed by atoms with Crippen molar-refractivity contribution >= 4 is 23.1 Å². The fourth-order valence-electron chi connectivity index (χ4n) is 2.16. The van der Waals surface area contributed by atoms with E-state index in [0.29, 0.717) is 18.3 Å². The monoisotopic (exact) mass is 267 g/mol. The third-order valence-electron chi connectivity index (χ3n) is 3.32. The number of hydrogen-bond donors (Lipinski definition) is 1. The van der Waals surface area contributed by atoms with Gasteiger partial charge in [-0.25, -0.2) is 0 Å². The predicted octanol–water partition coefficient (Wildman–Crippen LogP) is 2.11. The summed E-state index contributed by atoms with van der Waals surface area (Å²) in [4.78, 5) is 12.6. The summed E-state index contributed by atoms with van der Waals surface area (Å²) in [7, 11) is 2.05. The number of nitro benzene ring substituents is 1. The van der Waals surface area contributed by atoms with Crippen LogP contribution in [-0.2, 0) is 6.54 Å². The average Bonchev–Trinajstić information content (AvgIpc) is 2.85. The standard InChI is InChI=1S/C12H17N3O2S/c1-14(10-5-6-18-8-10)7-9-3-2-4-11(12(9)13)15(16)17/h2-4,10H,5-8,13H2,1H3. The van der Waals surface area contributed by atoms with E-state index in [1.54, 1.807) is 6.07 Å². The van der Waals surface area contributed by atoms with Crippen LogP contribution in [-0.4, -0.2) is 34.4 Å². The molecular formula is C12H17N3O2S. The van der Waals surface area contributed by atoms with Crippen LogP contribution in [0.25, 0.3) is 0 Å². The van der Waals surface area contributed by atoms with E-state index in [0.717, 1.165) is 11.3 Å². The molecule has 0 saturated carbocycles. The third kappa shape index (κ3) is 2.76. The first-order valence-corrected chi connectivity index (χ1v) is 7.05. The van der Waals surface area contributed by atoms with Gasteiger partial charge < -0.3 is 5.73 Å². The lowest BCUT2D eigenvalue weighted by atomic mass is 10.1. The van der Waals surface area contributed by atoms with Crippen LogP contribution in [0, 0.1) is 10.1 Å². The van der Waals surface area contributed by atoms with Crippen molar-refractivity contribution in [3.05, 3.63) is 33.9 Å². The van der Waals surface area contributed by atoms with Crippen molar-refractivity contribution in [1.82, 2.24) is 4.90 Å². The highest BCUT2D eigenvalue weighted by atomic mass is 32.2. The first-order chi connectivity index (χ1) is 8.59. The maximum absolute atomic E-state index is 10.8. The highest BCUT2D eigenvalue weighted by molar-refractivity contribution is 7.99. The average molecular weight is 267 g/mol. The molecule has 1 unspecified atom stereocenters. The minimum atomic E-state index is -0.426. The molecule has 2 rings (SSSR count). The molecule has 0 aliphatic carbocycles. The van der Waals surface area contributed by atoms with E-state index in [9.17, 15) is 10.1 Å². The Balaban J connectivity index is 2.13. The topological polar surface area (TPSA) is 72.4 Å². The second-order valence-electron chi connectivity index (χ2n) is 4.54. The van der Waals surface area contributed by atoms with Crippen LogP contribution in [0.15, 0.2) is 18.2 Å². The minimum Gasteiger partial charge on any atom is -0.393 e. The predicted molar refractivity (Wildman–Crippen MR) is 74.7 cm³/mol. The van der Waals surface area contributed by atoms with Gasteiger partial charge in [0.15, 0.2) is 0 Å². The molecule has 98 valence electrons. The number of nitro groups is 1. The molecule has 2 N–H and O–H groups in total. The summed E-state index contributed by atoms with van der Waals surface area (Å²) in [5.41, 5.74) is 6.99. The summed E-state index contributed by atoms with van der Waals surface area (Å²) in [5.74, 6) is 2.32. The van der Waals surface area contributed by atoms with Crippen molar-refractivity contribution < 1.29 is 4.92 Å². The van der Waals surface area contributed by atoms with Gasteiger partial charge in [0.05, 0.1) is 4.92 Å². The van der Waals surface area contributed by atoms with Crippen LogP contribution in [0.2, 0.25) is 0 Å². The lowest BCUT2D eigenvalue weighted by Crippen LogP contribution is -2.31. The van der Waals surface area contributed by atoms with Crippen molar-refractivity contribution in [2.75, 3.05) is 24.3 Å². The van der Waals surface area contributed by atoms with Gasteiger partial charge in [0, 0.05) is 24.4 Å². The van der Waals surface area contributed by atoms with Crippen LogP contribution in [0.4, 0.5) is 11.4 Å². The highest BCUT2D eigenvalue weighted by Crippen LogP contribution is 2.28. The van der Waals surface area contributed by atoms with Gasteiger partial charge in [0.25, 0.3) is 5.69 Å². The number of nitrogens with zero attached hydrogens (tertiary/aromatic N) is 2. The van der Waals surface area contributed by atoms with Crippen molar-refractivity contribution in [2.24, 2.45) is 0 Å². The molecule has 5 nitrogen and oxygen atoms in total. The van der Waals surface area contributed by atoms with E-state index >= 15 is 0 Å². The number of benzene rings is 1. The van der Waals surface area contributed by atoms with Gasteiger partial charge in [-0.15, -0.1) is 0 Å². The Bertz CT molecular complexity index is 447. The molecule has 1 fully saturated rings. The molecular weight excluding hydrogens is 250 g/mol. The van der Waals surface area contributed by atoms with Gasteiger partial charge in [-0.1, -0.05) is 12.1 Å². The van der Waals surface area contributed by atoms with E-state index in [4.69, 9.17) is 5.73 Å². The quantitative estimate of drug-likeness (QED) is 0.514. The molecule has 1 aromatic carbocycles. The van der Waals surface area contributed by atoms with Gasteiger partial charge >= 0.3 is 0 Å². The SMILES string of the molecule is CN(Cc1cccc([N+](=O)[O-])c1N)C1CCSC1. The first kappa shape index (κ1) is 13.2. The third-order valence-corrected chi connectivity index (χ3v) is 4.46. The molecule has 0 spiro atoms. The maximum Gasteiger partial charge on any atom is 0.292 e. The summed E-state index contributed by atoms with van der Waals surface area (Å²) < 4.78 is 0. The summed E-state index contributed by atoms with van der Waals surface area (Å²) in [5, 5.41) is 10.8. The van der Waals surface area contributed by atoms with E-state index in [1.165, 1.54) is 18.2 Å². The normalized spacial score (nSPS) is 19.3. The molecule has 0 radical (unpaired) electrons. The Morgan fingerprint density at radius 2 is 2.39 bits per heavy atom. The molecule has 18 heavy (non-hydrogen) atoms. The Morgan fingerprint density at radius 3 is 3.00 bits per heavy atom. The number of thioether (sulfide) groups is 1. The van der Waals surface area contributed by atoms with Gasteiger partial charge in [0.1, 0.15) is 5.69 Å². The van der Waals surface area contributed by atoms with Gasteiger partial charge in [-0.3, -0.25) is 15.0 Å². The first-order valence-electron chi connectivity index (χ1n) is 5.89. The summed E-state index contributed by atoms with van der Waals surface area (Å²) in [6.45, 7) is 0.665. The summed E-state index contributed by atoms with van der Waals surface area (Å²) >= 11 is 1.95. The van der Waals surface area contributed by atoms with Crippen molar-refractivity contribution in [2.45, 2.75) is 19.0 Å². The number of anilines is 1. The molecule has 1 atom stereocenters. The molecule has 1 aliphatic rings. The number of nitrogen functional groups attached to an aromatic ring is 1. The Hall–Kier alpha value is -1.27. The van der Waals surface area contributed by atoms with Crippen molar-refractivity contribution in [3.8, 4) is 0 Å². The second-order valence-corrected chi connectivity index (χ2v) is 5.69. The molecule has 0 bridgehead atoms. The van der Waals surface area contributed by atoms with E-state index in [1.807, 2.05) is 17.8 Å². The number of para-hydroxylation sites is 1. The molecule has 0 amide bonds. The van der Waals surface area contributed by atoms with Gasteiger partial charge in [-0.2, -0.15) is 11.8 Å². The highest BCUT2D eigenvalue weighted by Gasteiger charge is 2.22. The molecule has 1 aliphatic heterocycles. The lowest BCUT2D eigenvalue weighted by molar-refractivity contribution is -0.384. The largest absolute Gasteiger partial charge is 0.393 e. The minimum absolute atomic E-state index is 0.00157. The Labute approximate surface area is 110 Å². The van der Waals surface area contributed by atoms with E-state index < -0.39 is 4.92 Å². The Kier molecular flexibility index (Phi) is 4.08. The van der Waals surface area contributed by atoms with Crippen LogP contribution >= 0.6 is 11.8 Å². The Morgan fingerprint density at radius 1 is 1.61 bits per heavy atom. The molecule has 6 heteroatoms. The van der Waals surface area contributed by atoms with Crippen LogP contribution in [0.3, 0.4) is 0 Å². The number of rotatable bonds is 4. The van der Waals surface area contributed by atoms with Crippen LogP contribution < -0.4 is 5.73 Å². The van der Waals surface area contributed by atoms with Crippen molar-refractivity contribution in [1.29, 1.82) is 0 Å². The molecule has 1 heterocycles. The molecule has 1 saturated heterocycles. The van der Waals surface area contributed by atoms with Gasteiger partial charge in [0.2, 0.25) is 0 Å². The molecule has 0 aromatic heterocycles. The van der Waals surface area contributed by atoms with E-state index in [-0.39, 0.29) is 5.69 Å². The van der Waals surface area contributed by atoms with Crippen LogP contribution in [0.1, 0.15) is 12.0 Å². The fraction of sp³-hybridized carbons (Fsp3) is 0.500. The van der Waals surface area contributed by atoms with Gasteiger partial charge in [-0.05, 0) is 24.8 Å². The van der Waals surface area contributed by atoms with E-state index in [2.05, 4.69) is 11.9 Å². The summed E-state index contributed by atoms with van der Waals surface area (Å²) in [6.07, 6.45) is 1.18. The smallest absolute Gasteiger partial charge is 0.292 e. The second kappa shape index (κ2) is 5.58. The summed E-state index contributed by atoms with van der Waals surface area (Å²) in [6, 6.07) is 5.56. The number of nitrogens with two attached hydrogens (primary N) is 1.